The molecule has 0 bridgehead atoms. The van der Waals surface area contributed by atoms with E-state index in [-0.39, 0.29) is 5.82 Å². The highest BCUT2D eigenvalue weighted by atomic mass is 19.1. The lowest BCUT2D eigenvalue weighted by Gasteiger charge is -2.31. The van der Waals surface area contributed by atoms with E-state index < -0.39 is 0 Å². The van der Waals surface area contributed by atoms with Crippen LogP contribution < -0.4 is 0 Å². The molecule has 0 unspecified atom stereocenters. The van der Waals surface area contributed by atoms with Gasteiger partial charge in [0.05, 0.1) is 18.1 Å². The van der Waals surface area contributed by atoms with Gasteiger partial charge in [-0.2, -0.15) is 10.2 Å². The van der Waals surface area contributed by atoms with Crippen molar-refractivity contribution in [2.45, 2.75) is 25.3 Å². The first kappa shape index (κ1) is 15.1. The minimum atomic E-state index is -0.232. The predicted molar refractivity (Wildman–Crippen MR) is 89.4 cm³/mol. The second kappa shape index (κ2) is 6.57. The first-order valence-corrected chi connectivity index (χ1v) is 8.28. The number of halogens is 1. The van der Waals surface area contributed by atoms with Crippen molar-refractivity contribution in [1.82, 2.24) is 24.9 Å². The molecule has 0 saturated carbocycles. The number of hydrogen-bond acceptors (Lipinski definition) is 3. The lowest BCUT2D eigenvalue weighted by Crippen LogP contribution is -2.33. The van der Waals surface area contributed by atoms with Gasteiger partial charge in [-0.05, 0) is 55.1 Å². The third-order valence-electron chi connectivity index (χ3n) is 4.63. The number of hydrogen-bond donors (Lipinski definition) is 1. The third kappa shape index (κ3) is 3.23. The summed E-state index contributed by atoms with van der Waals surface area (Å²) in [5, 5.41) is 11.4. The Balaban J connectivity index is 1.43. The van der Waals surface area contributed by atoms with Crippen LogP contribution in [0.1, 0.15) is 29.9 Å². The number of rotatable bonds is 4. The molecule has 3 aromatic rings. The van der Waals surface area contributed by atoms with E-state index in [2.05, 4.69) is 20.2 Å². The van der Waals surface area contributed by atoms with Crippen LogP contribution >= 0.6 is 0 Å². The van der Waals surface area contributed by atoms with Crippen LogP contribution in [0.3, 0.4) is 0 Å². The van der Waals surface area contributed by atoms with E-state index in [1.165, 1.54) is 36.1 Å². The summed E-state index contributed by atoms with van der Waals surface area (Å²) in [7, 11) is 0. The van der Waals surface area contributed by atoms with Crippen LogP contribution in [0, 0.1) is 5.82 Å². The Kier molecular flexibility index (Phi) is 4.13. The zero-order valence-corrected chi connectivity index (χ0v) is 13.4. The molecule has 5 nitrogen and oxygen atoms in total. The summed E-state index contributed by atoms with van der Waals surface area (Å²) in [5.41, 5.74) is 3.34. The molecule has 4 rings (SSSR count). The monoisotopic (exact) mass is 325 g/mol. The summed E-state index contributed by atoms with van der Waals surface area (Å²) in [6.45, 7) is 3.03. The van der Waals surface area contributed by atoms with Crippen LogP contribution in [-0.2, 0) is 6.54 Å². The Morgan fingerprint density at radius 3 is 2.88 bits per heavy atom. The molecule has 1 saturated heterocycles. The Hall–Kier alpha value is -2.47. The molecule has 0 aliphatic carbocycles. The van der Waals surface area contributed by atoms with E-state index in [0.29, 0.717) is 5.92 Å². The van der Waals surface area contributed by atoms with Gasteiger partial charge in [0.15, 0.2) is 0 Å². The Bertz CT molecular complexity index is 778. The largest absolute Gasteiger partial charge is 0.298 e. The molecule has 1 aliphatic heterocycles. The molecule has 0 radical (unpaired) electrons. The summed E-state index contributed by atoms with van der Waals surface area (Å²) in [5.74, 6) is 0.314. The molecule has 1 atom stereocenters. The number of nitrogens with one attached hydrogen (secondary N) is 1. The van der Waals surface area contributed by atoms with Crippen LogP contribution in [0.4, 0.5) is 4.39 Å². The quantitative estimate of drug-likeness (QED) is 0.802. The number of nitrogens with zero attached hydrogens (tertiary/aromatic N) is 4. The number of aromatic amines is 1. The first-order valence-electron chi connectivity index (χ1n) is 8.28. The maximum atomic E-state index is 13.0. The van der Waals surface area contributed by atoms with Crippen LogP contribution in [0.25, 0.3) is 5.69 Å². The van der Waals surface area contributed by atoms with Gasteiger partial charge in [-0.1, -0.05) is 0 Å². The average molecular weight is 325 g/mol. The van der Waals surface area contributed by atoms with Crippen molar-refractivity contribution in [2.24, 2.45) is 0 Å². The fourth-order valence-corrected chi connectivity index (χ4v) is 3.39. The topological polar surface area (TPSA) is 49.7 Å². The average Bonchev–Trinajstić information content (AvgIpc) is 3.28. The Morgan fingerprint density at radius 1 is 1.21 bits per heavy atom. The second-order valence-electron chi connectivity index (χ2n) is 6.38. The molecule has 124 valence electrons. The molecule has 1 aliphatic rings. The zero-order valence-electron chi connectivity index (χ0n) is 13.4. The number of benzene rings is 1. The van der Waals surface area contributed by atoms with Crippen molar-refractivity contribution in [3.05, 3.63) is 66.0 Å². The highest BCUT2D eigenvalue weighted by Gasteiger charge is 2.22. The molecule has 2 aromatic heterocycles. The van der Waals surface area contributed by atoms with E-state index in [1.807, 2.05) is 24.8 Å². The second-order valence-corrected chi connectivity index (χ2v) is 6.38. The molecule has 3 heterocycles. The van der Waals surface area contributed by atoms with Crippen LogP contribution in [-0.4, -0.2) is 38.0 Å². The van der Waals surface area contributed by atoms with Crippen LogP contribution in [0.2, 0.25) is 0 Å². The molecule has 6 heteroatoms. The Labute approximate surface area is 140 Å². The summed E-state index contributed by atoms with van der Waals surface area (Å²) in [6, 6.07) is 6.39. The fourth-order valence-electron chi connectivity index (χ4n) is 3.39. The van der Waals surface area contributed by atoms with Gasteiger partial charge in [0, 0.05) is 31.0 Å². The maximum Gasteiger partial charge on any atom is 0.123 e. The van der Waals surface area contributed by atoms with E-state index in [9.17, 15) is 4.39 Å². The van der Waals surface area contributed by atoms with E-state index in [1.54, 1.807) is 16.8 Å². The van der Waals surface area contributed by atoms with Crippen molar-refractivity contribution < 1.29 is 4.39 Å². The lowest BCUT2D eigenvalue weighted by atomic mass is 9.93. The first-order chi connectivity index (χ1) is 11.8. The highest BCUT2D eigenvalue weighted by Crippen LogP contribution is 2.27. The number of likely N-dealkylation sites (tertiary alicyclic amines) is 1. The number of piperidine rings is 1. The third-order valence-corrected chi connectivity index (χ3v) is 4.63. The van der Waals surface area contributed by atoms with E-state index in [4.69, 9.17) is 0 Å². The standard InChI is InChI=1S/C18H20FN5/c19-17-3-5-18(6-4-17)24-12-14(8-22-24)11-23-7-1-2-15(13-23)16-9-20-21-10-16/h3-6,8-10,12,15H,1-2,7,11,13H2,(H,20,21)/t15-/m1/s1. The minimum absolute atomic E-state index is 0.232. The maximum absolute atomic E-state index is 13.0. The van der Waals surface area contributed by atoms with Crippen molar-refractivity contribution >= 4 is 0 Å². The zero-order chi connectivity index (χ0) is 16.4. The SMILES string of the molecule is Fc1ccc(-n2cc(CN3CCC[C@@H](c4cn[nH]c4)C3)cn2)cc1. The van der Waals surface area contributed by atoms with Crippen LogP contribution in [0.15, 0.2) is 49.1 Å². The molecule has 1 N–H and O–H groups in total. The summed E-state index contributed by atoms with van der Waals surface area (Å²) < 4.78 is 14.8. The molecular formula is C18H20FN5. The lowest BCUT2D eigenvalue weighted by molar-refractivity contribution is 0.200. The van der Waals surface area contributed by atoms with Gasteiger partial charge >= 0.3 is 0 Å². The summed E-state index contributed by atoms with van der Waals surface area (Å²) in [6.07, 6.45) is 10.3. The van der Waals surface area contributed by atoms with Crippen molar-refractivity contribution in [3.63, 3.8) is 0 Å². The normalized spacial score (nSPS) is 18.8. The van der Waals surface area contributed by atoms with Gasteiger partial charge in [-0.3, -0.25) is 10.00 Å². The molecule has 24 heavy (non-hydrogen) atoms. The van der Waals surface area contributed by atoms with Gasteiger partial charge in [-0.25, -0.2) is 9.07 Å². The summed E-state index contributed by atoms with van der Waals surface area (Å²) >= 11 is 0. The van der Waals surface area contributed by atoms with Gasteiger partial charge < -0.3 is 0 Å². The van der Waals surface area contributed by atoms with Gasteiger partial charge in [0.2, 0.25) is 0 Å². The molecule has 1 fully saturated rings. The van der Waals surface area contributed by atoms with Crippen LogP contribution in [0.5, 0.6) is 0 Å². The molecule has 0 spiro atoms. The van der Waals surface area contributed by atoms with E-state index in [0.717, 1.165) is 25.3 Å². The Morgan fingerprint density at radius 2 is 2.08 bits per heavy atom. The number of H-pyrrole nitrogens is 1. The smallest absolute Gasteiger partial charge is 0.123 e. The van der Waals surface area contributed by atoms with Crippen molar-refractivity contribution in [2.75, 3.05) is 13.1 Å². The molecule has 1 aromatic carbocycles. The molecular weight excluding hydrogens is 305 g/mol. The predicted octanol–water partition coefficient (Wildman–Crippen LogP) is 3.11. The van der Waals surface area contributed by atoms with Gasteiger partial charge in [-0.15, -0.1) is 0 Å². The minimum Gasteiger partial charge on any atom is -0.298 e. The van der Waals surface area contributed by atoms with Gasteiger partial charge in [0.1, 0.15) is 5.82 Å². The molecule has 0 amide bonds. The van der Waals surface area contributed by atoms with E-state index >= 15 is 0 Å². The number of aromatic nitrogens is 4. The van der Waals surface area contributed by atoms with Crippen molar-refractivity contribution in [1.29, 1.82) is 0 Å². The highest BCUT2D eigenvalue weighted by molar-refractivity contribution is 5.31. The van der Waals surface area contributed by atoms with Crippen molar-refractivity contribution in [3.8, 4) is 5.69 Å². The van der Waals surface area contributed by atoms with Gasteiger partial charge in [0.25, 0.3) is 0 Å². The fraction of sp³-hybridized carbons (Fsp3) is 0.333. The summed E-state index contributed by atoms with van der Waals surface area (Å²) in [4.78, 5) is 2.47.